The van der Waals surface area contributed by atoms with Crippen molar-refractivity contribution in [1.82, 2.24) is 0 Å². The summed E-state index contributed by atoms with van der Waals surface area (Å²) in [5.74, 6) is 1.44. The Balaban J connectivity index is 2.08. The van der Waals surface area contributed by atoms with Gasteiger partial charge >= 0.3 is 0 Å². The van der Waals surface area contributed by atoms with Crippen LogP contribution in [0.4, 0.5) is 11.4 Å². The van der Waals surface area contributed by atoms with E-state index in [1.54, 1.807) is 11.0 Å². The SMILES string of the molecule is C=CCN1C(=O)C(C)Nc2cc3c(cc21)OCCO3. The van der Waals surface area contributed by atoms with Gasteiger partial charge in [0.25, 0.3) is 0 Å². The van der Waals surface area contributed by atoms with Gasteiger partial charge in [0.1, 0.15) is 19.3 Å². The van der Waals surface area contributed by atoms with Gasteiger partial charge in [-0.15, -0.1) is 6.58 Å². The molecule has 0 spiro atoms. The number of hydrogen-bond acceptors (Lipinski definition) is 4. The van der Waals surface area contributed by atoms with Crippen LogP contribution in [0.1, 0.15) is 6.92 Å². The molecule has 5 heteroatoms. The Bertz CT molecular complexity index is 542. The van der Waals surface area contributed by atoms with Crippen molar-refractivity contribution in [2.24, 2.45) is 0 Å². The standard InChI is InChI=1S/C14H16N2O3/c1-3-4-16-11-8-13-12(18-5-6-19-13)7-10(11)15-9(2)14(16)17/h3,7-9,15H,1,4-6H2,2H3. The van der Waals surface area contributed by atoms with Gasteiger partial charge in [-0.2, -0.15) is 0 Å². The van der Waals surface area contributed by atoms with E-state index in [4.69, 9.17) is 9.47 Å². The molecule has 0 saturated carbocycles. The van der Waals surface area contributed by atoms with Crippen LogP contribution in [0.2, 0.25) is 0 Å². The summed E-state index contributed by atoms with van der Waals surface area (Å²) in [6.45, 7) is 7.12. The molecule has 2 aliphatic rings. The second kappa shape index (κ2) is 4.50. The van der Waals surface area contributed by atoms with Crippen molar-refractivity contribution >= 4 is 17.3 Å². The Morgan fingerprint density at radius 1 is 1.42 bits per heavy atom. The topological polar surface area (TPSA) is 50.8 Å². The van der Waals surface area contributed by atoms with E-state index in [-0.39, 0.29) is 11.9 Å². The molecule has 0 aliphatic carbocycles. The third kappa shape index (κ3) is 1.91. The maximum atomic E-state index is 12.2. The van der Waals surface area contributed by atoms with Gasteiger partial charge in [-0.25, -0.2) is 0 Å². The van der Waals surface area contributed by atoms with E-state index in [0.29, 0.717) is 25.5 Å². The first-order chi connectivity index (χ1) is 9.20. The molecule has 1 aromatic carbocycles. The molecule has 1 amide bonds. The summed E-state index contributed by atoms with van der Waals surface area (Å²) < 4.78 is 11.1. The lowest BCUT2D eigenvalue weighted by molar-refractivity contribution is -0.119. The summed E-state index contributed by atoms with van der Waals surface area (Å²) in [5.41, 5.74) is 1.70. The van der Waals surface area contributed by atoms with Crippen LogP contribution in [-0.2, 0) is 4.79 Å². The van der Waals surface area contributed by atoms with E-state index < -0.39 is 0 Å². The average Bonchev–Trinajstić information content (AvgIpc) is 2.42. The third-order valence-corrected chi connectivity index (χ3v) is 3.27. The molecule has 100 valence electrons. The molecule has 2 heterocycles. The van der Waals surface area contributed by atoms with E-state index in [2.05, 4.69) is 11.9 Å². The van der Waals surface area contributed by atoms with Crippen LogP contribution in [0.25, 0.3) is 0 Å². The van der Waals surface area contributed by atoms with Crippen molar-refractivity contribution in [3.8, 4) is 11.5 Å². The predicted octanol–water partition coefficient (Wildman–Crippen LogP) is 1.79. The fourth-order valence-corrected chi connectivity index (χ4v) is 2.38. The van der Waals surface area contributed by atoms with Gasteiger partial charge in [-0.05, 0) is 6.92 Å². The van der Waals surface area contributed by atoms with E-state index in [1.807, 2.05) is 19.1 Å². The smallest absolute Gasteiger partial charge is 0.249 e. The summed E-state index contributed by atoms with van der Waals surface area (Å²) in [7, 11) is 0. The summed E-state index contributed by atoms with van der Waals surface area (Å²) in [4.78, 5) is 13.9. The number of ether oxygens (including phenoxy) is 2. The molecular formula is C14H16N2O3. The Morgan fingerprint density at radius 3 is 2.79 bits per heavy atom. The Labute approximate surface area is 111 Å². The fourth-order valence-electron chi connectivity index (χ4n) is 2.38. The molecule has 0 aromatic heterocycles. The van der Waals surface area contributed by atoms with Gasteiger partial charge in [-0.3, -0.25) is 4.79 Å². The average molecular weight is 260 g/mol. The van der Waals surface area contributed by atoms with Crippen LogP contribution in [-0.4, -0.2) is 31.7 Å². The van der Waals surface area contributed by atoms with Crippen LogP contribution in [0.3, 0.4) is 0 Å². The van der Waals surface area contributed by atoms with Crippen molar-refractivity contribution in [3.63, 3.8) is 0 Å². The number of carbonyl (C=O) groups excluding carboxylic acids is 1. The lowest BCUT2D eigenvalue weighted by atomic mass is 10.1. The van der Waals surface area contributed by atoms with Crippen LogP contribution >= 0.6 is 0 Å². The maximum Gasteiger partial charge on any atom is 0.249 e. The molecule has 0 bridgehead atoms. The van der Waals surface area contributed by atoms with Gasteiger partial charge in [0.2, 0.25) is 5.91 Å². The van der Waals surface area contributed by atoms with Crippen LogP contribution in [0.5, 0.6) is 11.5 Å². The van der Waals surface area contributed by atoms with Crippen molar-refractivity contribution < 1.29 is 14.3 Å². The number of nitrogens with one attached hydrogen (secondary N) is 1. The first-order valence-electron chi connectivity index (χ1n) is 6.33. The van der Waals surface area contributed by atoms with Gasteiger partial charge in [-0.1, -0.05) is 6.08 Å². The number of nitrogens with zero attached hydrogens (tertiary/aromatic N) is 1. The zero-order valence-electron chi connectivity index (χ0n) is 10.8. The zero-order valence-corrected chi connectivity index (χ0v) is 10.8. The van der Waals surface area contributed by atoms with Gasteiger partial charge < -0.3 is 19.7 Å². The van der Waals surface area contributed by atoms with Crippen LogP contribution in [0.15, 0.2) is 24.8 Å². The molecule has 5 nitrogen and oxygen atoms in total. The molecule has 0 radical (unpaired) electrons. The molecule has 0 fully saturated rings. The normalized spacial score (nSPS) is 20.6. The Kier molecular flexibility index (Phi) is 2.81. The van der Waals surface area contributed by atoms with Crippen LogP contribution in [0, 0.1) is 0 Å². The zero-order chi connectivity index (χ0) is 13.4. The number of anilines is 2. The summed E-state index contributed by atoms with van der Waals surface area (Å²) in [5, 5.41) is 3.19. The van der Waals surface area contributed by atoms with E-state index in [9.17, 15) is 4.79 Å². The van der Waals surface area contributed by atoms with Gasteiger partial charge in [0, 0.05) is 18.7 Å². The number of carbonyl (C=O) groups is 1. The minimum atomic E-state index is -0.255. The number of benzene rings is 1. The van der Waals surface area contributed by atoms with E-state index >= 15 is 0 Å². The lowest BCUT2D eigenvalue weighted by Crippen LogP contribution is -2.45. The molecule has 0 saturated heterocycles. The third-order valence-electron chi connectivity index (χ3n) is 3.27. The lowest BCUT2D eigenvalue weighted by Gasteiger charge is -2.34. The van der Waals surface area contributed by atoms with E-state index in [1.165, 1.54) is 0 Å². The Morgan fingerprint density at radius 2 is 2.11 bits per heavy atom. The van der Waals surface area contributed by atoms with Crippen molar-refractivity contribution in [1.29, 1.82) is 0 Å². The highest BCUT2D eigenvalue weighted by Crippen LogP contribution is 2.42. The first kappa shape index (κ1) is 11.9. The number of fused-ring (bicyclic) bond motifs is 2. The highest BCUT2D eigenvalue weighted by atomic mass is 16.6. The van der Waals surface area contributed by atoms with E-state index in [0.717, 1.165) is 17.1 Å². The van der Waals surface area contributed by atoms with Gasteiger partial charge in [0.05, 0.1) is 11.4 Å². The number of amides is 1. The quantitative estimate of drug-likeness (QED) is 0.824. The number of hydrogen-bond donors (Lipinski definition) is 1. The van der Waals surface area contributed by atoms with Crippen molar-refractivity contribution in [2.75, 3.05) is 30.0 Å². The minimum absolute atomic E-state index is 0.0316. The fraction of sp³-hybridized carbons (Fsp3) is 0.357. The maximum absolute atomic E-state index is 12.2. The molecule has 1 atom stereocenters. The molecule has 1 aromatic rings. The molecule has 3 rings (SSSR count). The Hall–Kier alpha value is -2.17. The molecule has 19 heavy (non-hydrogen) atoms. The van der Waals surface area contributed by atoms with Crippen molar-refractivity contribution in [3.05, 3.63) is 24.8 Å². The largest absolute Gasteiger partial charge is 0.486 e. The van der Waals surface area contributed by atoms with Gasteiger partial charge in [0.15, 0.2) is 11.5 Å². The summed E-state index contributed by atoms with van der Waals surface area (Å²) in [6, 6.07) is 3.49. The minimum Gasteiger partial charge on any atom is -0.486 e. The monoisotopic (exact) mass is 260 g/mol. The second-order valence-electron chi connectivity index (χ2n) is 4.62. The van der Waals surface area contributed by atoms with Crippen molar-refractivity contribution in [2.45, 2.75) is 13.0 Å². The van der Waals surface area contributed by atoms with Crippen LogP contribution < -0.4 is 19.7 Å². The number of rotatable bonds is 2. The molecular weight excluding hydrogens is 244 g/mol. The highest BCUT2D eigenvalue weighted by molar-refractivity contribution is 6.05. The highest BCUT2D eigenvalue weighted by Gasteiger charge is 2.30. The first-order valence-corrected chi connectivity index (χ1v) is 6.33. The summed E-state index contributed by atoms with van der Waals surface area (Å²) >= 11 is 0. The molecule has 1 N–H and O–H groups in total. The second-order valence-corrected chi connectivity index (χ2v) is 4.62. The predicted molar refractivity (Wildman–Crippen MR) is 73.1 cm³/mol. The molecule has 1 unspecified atom stereocenters. The summed E-state index contributed by atoms with van der Waals surface area (Å²) in [6.07, 6.45) is 1.72. The molecule has 2 aliphatic heterocycles.